The summed E-state index contributed by atoms with van der Waals surface area (Å²) in [6.07, 6.45) is 1.48. The predicted octanol–water partition coefficient (Wildman–Crippen LogP) is 1.10. The Balaban J connectivity index is 2.50. The highest BCUT2D eigenvalue weighted by molar-refractivity contribution is 7.89. The van der Waals surface area contributed by atoms with Crippen LogP contribution in [0.2, 0.25) is 0 Å². The summed E-state index contributed by atoms with van der Waals surface area (Å²) in [5.74, 6) is 0.515. The van der Waals surface area contributed by atoms with Crippen LogP contribution in [0.15, 0.2) is 0 Å². The van der Waals surface area contributed by atoms with Crippen LogP contribution in [0.4, 0.5) is 0 Å². The van der Waals surface area contributed by atoms with Gasteiger partial charge in [0, 0.05) is 0 Å². The van der Waals surface area contributed by atoms with Crippen molar-refractivity contribution in [2.24, 2.45) is 16.5 Å². The van der Waals surface area contributed by atoms with Crippen LogP contribution in [-0.2, 0) is 10.0 Å². The first-order valence-corrected chi connectivity index (χ1v) is 5.84. The molecule has 0 saturated heterocycles. The Labute approximate surface area is 74.4 Å². The maximum atomic E-state index is 10.9. The summed E-state index contributed by atoms with van der Waals surface area (Å²) in [6.45, 7) is 6.41. The van der Waals surface area contributed by atoms with Crippen LogP contribution >= 0.6 is 0 Å². The van der Waals surface area contributed by atoms with E-state index < -0.39 is 10.0 Å². The summed E-state index contributed by atoms with van der Waals surface area (Å²) in [6, 6.07) is 0. The predicted molar refractivity (Wildman–Crippen MR) is 49.1 cm³/mol. The molecule has 0 amide bonds. The van der Waals surface area contributed by atoms with Gasteiger partial charge in [-0.2, -0.15) is 0 Å². The van der Waals surface area contributed by atoms with Crippen molar-refractivity contribution in [2.45, 2.75) is 38.9 Å². The lowest BCUT2D eigenvalue weighted by molar-refractivity contribution is 0.144. The molecule has 0 aromatic carbocycles. The van der Waals surface area contributed by atoms with Crippen molar-refractivity contribution in [3.63, 3.8) is 0 Å². The van der Waals surface area contributed by atoms with Gasteiger partial charge in [-0.15, -0.1) is 0 Å². The second-order valence-corrected chi connectivity index (χ2v) is 6.59. The highest BCUT2D eigenvalue weighted by atomic mass is 32.2. The van der Waals surface area contributed by atoms with E-state index in [2.05, 4.69) is 20.8 Å². The summed E-state index contributed by atoms with van der Waals surface area (Å²) < 4.78 is 21.7. The second kappa shape index (κ2) is 2.70. The van der Waals surface area contributed by atoms with Gasteiger partial charge in [0.15, 0.2) is 0 Å². The summed E-state index contributed by atoms with van der Waals surface area (Å²) in [5.41, 5.74) is 0.223. The van der Waals surface area contributed by atoms with Gasteiger partial charge in [0.1, 0.15) is 0 Å². The molecule has 0 spiro atoms. The van der Waals surface area contributed by atoms with Crippen molar-refractivity contribution in [2.75, 3.05) is 0 Å². The SMILES string of the molecule is CC(C)(C)C1CC(S(N)(=O)=O)C1. The Morgan fingerprint density at radius 1 is 1.25 bits per heavy atom. The Morgan fingerprint density at radius 2 is 1.67 bits per heavy atom. The van der Waals surface area contributed by atoms with Crippen LogP contribution in [0.5, 0.6) is 0 Å². The topological polar surface area (TPSA) is 60.2 Å². The van der Waals surface area contributed by atoms with Crippen LogP contribution in [0.25, 0.3) is 0 Å². The van der Waals surface area contributed by atoms with Gasteiger partial charge in [0.2, 0.25) is 10.0 Å². The molecule has 1 rings (SSSR count). The van der Waals surface area contributed by atoms with Gasteiger partial charge in [-0.25, -0.2) is 13.6 Å². The molecule has 3 nitrogen and oxygen atoms in total. The van der Waals surface area contributed by atoms with Gasteiger partial charge in [-0.1, -0.05) is 20.8 Å². The molecular formula is C8H17NO2S. The highest BCUT2D eigenvalue weighted by Gasteiger charge is 2.42. The molecule has 12 heavy (non-hydrogen) atoms. The molecule has 0 unspecified atom stereocenters. The van der Waals surface area contributed by atoms with Gasteiger partial charge >= 0.3 is 0 Å². The third kappa shape index (κ3) is 1.98. The molecule has 1 aliphatic carbocycles. The molecule has 4 heteroatoms. The van der Waals surface area contributed by atoms with Crippen molar-refractivity contribution in [3.8, 4) is 0 Å². The van der Waals surface area contributed by atoms with Crippen molar-refractivity contribution < 1.29 is 8.42 Å². The lowest BCUT2D eigenvalue weighted by atomic mass is 9.68. The molecule has 1 fully saturated rings. The van der Waals surface area contributed by atoms with Gasteiger partial charge in [0.05, 0.1) is 5.25 Å². The van der Waals surface area contributed by atoms with E-state index in [9.17, 15) is 8.42 Å². The molecule has 0 aromatic heterocycles. The van der Waals surface area contributed by atoms with E-state index in [0.717, 1.165) is 12.8 Å². The fraction of sp³-hybridized carbons (Fsp3) is 1.00. The van der Waals surface area contributed by atoms with Crippen molar-refractivity contribution >= 4 is 10.0 Å². The minimum atomic E-state index is -3.26. The van der Waals surface area contributed by atoms with E-state index in [4.69, 9.17) is 5.14 Å². The average Bonchev–Trinajstić information content (AvgIpc) is 1.46. The van der Waals surface area contributed by atoms with Crippen LogP contribution in [0.3, 0.4) is 0 Å². The molecule has 0 bridgehead atoms. The second-order valence-electron chi connectivity index (χ2n) is 4.75. The first-order valence-electron chi connectivity index (χ1n) is 4.23. The van der Waals surface area contributed by atoms with Gasteiger partial charge < -0.3 is 0 Å². The maximum absolute atomic E-state index is 10.9. The zero-order valence-corrected chi connectivity index (χ0v) is 8.69. The zero-order valence-electron chi connectivity index (χ0n) is 7.87. The molecule has 0 atom stereocenters. The van der Waals surface area contributed by atoms with Crippen LogP contribution in [-0.4, -0.2) is 13.7 Å². The molecule has 0 radical (unpaired) electrons. The quantitative estimate of drug-likeness (QED) is 0.674. The molecule has 1 aliphatic rings. The highest BCUT2D eigenvalue weighted by Crippen LogP contribution is 2.43. The van der Waals surface area contributed by atoms with Crippen molar-refractivity contribution in [1.29, 1.82) is 0 Å². The summed E-state index contributed by atoms with van der Waals surface area (Å²) in [5, 5.41) is 4.74. The molecule has 1 saturated carbocycles. The summed E-state index contributed by atoms with van der Waals surface area (Å²) >= 11 is 0. The van der Waals surface area contributed by atoms with E-state index in [1.165, 1.54) is 0 Å². The number of rotatable bonds is 1. The Morgan fingerprint density at radius 3 is 1.92 bits per heavy atom. The largest absolute Gasteiger partial charge is 0.228 e. The van der Waals surface area contributed by atoms with Crippen LogP contribution < -0.4 is 5.14 Å². The van der Waals surface area contributed by atoms with Crippen LogP contribution in [0, 0.1) is 11.3 Å². The first-order chi connectivity index (χ1) is 5.21. The zero-order chi connectivity index (χ0) is 9.57. The fourth-order valence-electron chi connectivity index (χ4n) is 1.54. The summed E-state index contributed by atoms with van der Waals surface area (Å²) in [7, 11) is -3.26. The van der Waals surface area contributed by atoms with E-state index in [-0.39, 0.29) is 10.7 Å². The summed E-state index contributed by atoms with van der Waals surface area (Å²) in [4.78, 5) is 0. The lowest BCUT2D eigenvalue weighted by Gasteiger charge is -2.42. The Bertz CT molecular complexity index is 257. The normalized spacial score (nSPS) is 31.3. The minimum Gasteiger partial charge on any atom is -0.228 e. The molecule has 0 aromatic rings. The average molecular weight is 191 g/mol. The monoisotopic (exact) mass is 191 g/mol. The number of sulfonamides is 1. The van der Waals surface area contributed by atoms with Gasteiger partial charge in [0.25, 0.3) is 0 Å². The maximum Gasteiger partial charge on any atom is 0.211 e. The smallest absolute Gasteiger partial charge is 0.211 e. The standard InChI is InChI=1S/C8H17NO2S/c1-8(2,3)6-4-7(5-6)12(9,10)11/h6-7H,4-5H2,1-3H3,(H2,9,10,11). The minimum absolute atomic E-state index is 0.223. The molecule has 0 heterocycles. The molecular weight excluding hydrogens is 174 g/mol. The van der Waals surface area contributed by atoms with E-state index in [1.54, 1.807) is 0 Å². The van der Waals surface area contributed by atoms with E-state index in [0.29, 0.717) is 5.92 Å². The molecule has 72 valence electrons. The number of primary sulfonamides is 1. The Kier molecular flexibility index (Phi) is 2.25. The van der Waals surface area contributed by atoms with E-state index in [1.807, 2.05) is 0 Å². The molecule has 0 aliphatic heterocycles. The van der Waals surface area contributed by atoms with Gasteiger partial charge in [-0.05, 0) is 24.2 Å². The third-order valence-corrected chi connectivity index (χ3v) is 4.10. The molecule has 2 N–H and O–H groups in total. The fourth-order valence-corrected chi connectivity index (χ4v) is 2.54. The van der Waals surface area contributed by atoms with Crippen molar-refractivity contribution in [3.05, 3.63) is 0 Å². The third-order valence-electron chi connectivity index (χ3n) is 2.78. The van der Waals surface area contributed by atoms with E-state index >= 15 is 0 Å². The lowest BCUT2D eigenvalue weighted by Crippen LogP contribution is -2.44. The first kappa shape index (κ1) is 9.99. The number of nitrogens with two attached hydrogens (primary N) is 1. The Hall–Kier alpha value is -0.0900. The number of hydrogen-bond acceptors (Lipinski definition) is 2. The van der Waals surface area contributed by atoms with Crippen LogP contribution in [0.1, 0.15) is 33.6 Å². The van der Waals surface area contributed by atoms with Gasteiger partial charge in [-0.3, -0.25) is 0 Å². The number of hydrogen-bond donors (Lipinski definition) is 1. The van der Waals surface area contributed by atoms with Crippen molar-refractivity contribution in [1.82, 2.24) is 0 Å².